The van der Waals surface area contributed by atoms with Crippen LogP contribution in [0.3, 0.4) is 0 Å². The number of amides is 1. The molecule has 5 heteroatoms. The molecular weight excluding hydrogens is 260 g/mol. The minimum Gasteiger partial charge on any atom is -0.365 e. The van der Waals surface area contributed by atoms with Crippen molar-refractivity contribution in [1.29, 1.82) is 0 Å². The molecule has 0 spiro atoms. The number of rotatable bonds is 4. The highest BCUT2D eigenvalue weighted by molar-refractivity contribution is 8.04. The van der Waals surface area contributed by atoms with Gasteiger partial charge in [-0.3, -0.25) is 9.63 Å². The van der Waals surface area contributed by atoms with Crippen molar-refractivity contribution in [3.8, 4) is 0 Å². The van der Waals surface area contributed by atoms with Gasteiger partial charge in [-0.2, -0.15) is 0 Å². The lowest BCUT2D eigenvalue weighted by molar-refractivity contribution is -0.134. The number of benzene rings is 1. The molecule has 1 aromatic rings. The van der Waals surface area contributed by atoms with Crippen LogP contribution in [0.25, 0.3) is 0 Å². The van der Waals surface area contributed by atoms with Crippen LogP contribution in [0.1, 0.15) is 30.3 Å². The Morgan fingerprint density at radius 1 is 1.47 bits per heavy atom. The van der Waals surface area contributed by atoms with Crippen LogP contribution in [0.5, 0.6) is 0 Å². The van der Waals surface area contributed by atoms with Gasteiger partial charge in [-0.25, -0.2) is 5.06 Å². The molecule has 4 nitrogen and oxygen atoms in total. The molecular formula is C14H18N2O2S. The maximum atomic E-state index is 11.5. The highest BCUT2D eigenvalue weighted by atomic mass is 32.2. The summed E-state index contributed by atoms with van der Waals surface area (Å²) in [6.07, 6.45) is 0. The predicted molar refractivity (Wildman–Crippen MR) is 76.9 cm³/mol. The second-order valence-electron chi connectivity index (χ2n) is 4.41. The zero-order chi connectivity index (χ0) is 14.0. The fourth-order valence-electron chi connectivity index (χ4n) is 2.09. The molecule has 2 N–H and O–H groups in total. The molecule has 2 rings (SSSR count). The van der Waals surface area contributed by atoms with Crippen molar-refractivity contribution in [3.63, 3.8) is 0 Å². The van der Waals surface area contributed by atoms with Crippen LogP contribution in [0, 0.1) is 6.92 Å². The van der Waals surface area contributed by atoms with Crippen molar-refractivity contribution in [3.05, 3.63) is 46.0 Å². The van der Waals surface area contributed by atoms with Gasteiger partial charge < -0.3 is 5.73 Å². The molecule has 1 atom stereocenters. The van der Waals surface area contributed by atoms with Crippen molar-refractivity contribution < 1.29 is 9.63 Å². The summed E-state index contributed by atoms with van der Waals surface area (Å²) in [6, 6.07) is 8.19. The third-order valence-corrected chi connectivity index (χ3v) is 4.34. The number of hydrogen-bond donors (Lipinski definition) is 1. The summed E-state index contributed by atoms with van der Waals surface area (Å²) in [4.78, 5) is 17.7. The molecule has 0 saturated carbocycles. The second kappa shape index (κ2) is 5.67. The summed E-state index contributed by atoms with van der Waals surface area (Å²) >= 11 is 1.44. The molecule has 0 radical (unpaired) electrons. The minimum absolute atomic E-state index is 0.0534. The van der Waals surface area contributed by atoms with E-state index in [1.54, 1.807) is 5.06 Å². The first kappa shape index (κ1) is 14.0. The van der Waals surface area contributed by atoms with Crippen LogP contribution < -0.4 is 5.73 Å². The standard InChI is InChI=1S/C14H18N2O2S/c1-4-18-16-10(3)12(13(15)17)19-14(16)11-7-5-6-9(2)8-11/h5-8,14H,4H2,1-3H3,(H2,15,17). The van der Waals surface area contributed by atoms with Crippen molar-refractivity contribution in [2.45, 2.75) is 26.1 Å². The van der Waals surface area contributed by atoms with E-state index in [1.807, 2.05) is 39.0 Å². The lowest BCUT2D eigenvalue weighted by Gasteiger charge is -2.26. The van der Waals surface area contributed by atoms with E-state index in [4.69, 9.17) is 10.6 Å². The summed E-state index contributed by atoms with van der Waals surface area (Å²) in [6.45, 7) is 6.38. The average Bonchev–Trinajstić information content (AvgIpc) is 2.68. The van der Waals surface area contributed by atoms with Crippen LogP contribution in [0.4, 0.5) is 0 Å². The number of carbonyl (C=O) groups excluding carboxylic acids is 1. The zero-order valence-corrected chi connectivity index (χ0v) is 12.2. The number of allylic oxidation sites excluding steroid dienone is 1. The van der Waals surface area contributed by atoms with Crippen molar-refractivity contribution in [1.82, 2.24) is 5.06 Å². The molecule has 0 saturated heterocycles. The Balaban J connectivity index is 2.34. The smallest absolute Gasteiger partial charge is 0.257 e. The van der Waals surface area contributed by atoms with Gasteiger partial charge in [0.15, 0.2) is 0 Å². The van der Waals surface area contributed by atoms with Crippen molar-refractivity contribution in [2.24, 2.45) is 5.73 Å². The van der Waals surface area contributed by atoms with Crippen LogP contribution in [-0.4, -0.2) is 17.6 Å². The molecule has 19 heavy (non-hydrogen) atoms. The Bertz CT molecular complexity index is 528. The average molecular weight is 278 g/mol. The number of primary amides is 1. The summed E-state index contributed by atoms with van der Waals surface area (Å²) in [5.74, 6) is -0.401. The predicted octanol–water partition coefficient (Wildman–Crippen LogP) is 2.71. The molecule has 1 unspecified atom stereocenters. The summed E-state index contributed by atoms with van der Waals surface area (Å²) in [5.41, 5.74) is 8.49. The fourth-order valence-corrected chi connectivity index (χ4v) is 3.29. The largest absolute Gasteiger partial charge is 0.365 e. The zero-order valence-electron chi connectivity index (χ0n) is 11.3. The molecule has 1 aromatic carbocycles. The van der Waals surface area contributed by atoms with E-state index in [0.29, 0.717) is 11.5 Å². The molecule has 1 amide bonds. The summed E-state index contributed by atoms with van der Waals surface area (Å²) in [5, 5.41) is 1.72. The normalized spacial score (nSPS) is 19.1. The van der Waals surface area contributed by atoms with Crippen molar-refractivity contribution >= 4 is 17.7 Å². The third-order valence-electron chi connectivity index (χ3n) is 2.92. The first-order chi connectivity index (χ1) is 9.04. The van der Waals surface area contributed by atoms with E-state index >= 15 is 0 Å². The third kappa shape index (κ3) is 2.77. The number of nitrogens with zero attached hydrogens (tertiary/aromatic N) is 1. The molecule has 0 aromatic heterocycles. The SMILES string of the molecule is CCON1C(C)=C(C(N)=O)SC1c1cccc(C)c1. The van der Waals surface area contributed by atoms with E-state index in [-0.39, 0.29) is 5.37 Å². The van der Waals surface area contributed by atoms with Gasteiger partial charge in [-0.05, 0) is 26.3 Å². The Hall–Kier alpha value is -1.46. The lowest BCUT2D eigenvalue weighted by Crippen LogP contribution is -2.22. The number of nitrogens with two attached hydrogens (primary N) is 1. The molecule has 1 heterocycles. The first-order valence-corrected chi connectivity index (χ1v) is 7.08. The summed E-state index contributed by atoms with van der Waals surface area (Å²) < 4.78 is 0. The van der Waals surface area contributed by atoms with Gasteiger partial charge in [-0.15, -0.1) is 0 Å². The van der Waals surface area contributed by atoms with Crippen LogP contribution >= 0.6 is 11.8 Å². The van der Waals surface area contributed by atoms with Crippen molar-refractivity contribution in [2.75, 3.05) is 6.61 Å². The first-order valence-electron chi connectivity index (χ1n) is 6.20. The molecule has 1 aliphatic heterocycles. The van der Waals surface area contributed by atoms with Gasteiger partial charge in [0.1, 0.15) is 5.37 Å². The highest BCUT2D eigenvalue weighted by Gasteiger charge is 2.34. The number of hydroxylamine groups is 2. The summed E-state index contributed by atoms with van der Waals surface area (Å²) in [7, 11) is 0. The van der Waals surface area contributed by atoms with E-state index in [9.17, 15) is 4.79 Å². The van der Waals surface area contributed by atoms with Gasteiger partial charge in [0, 0.05) is 0 Å². The van der Waals surface area contributed by atoms with Gasteiger partial charge in [0.2, 0.25) is 0 Å². The Morgan fingerprint density at radius 2 is 2.21 bits per heavy atom. The number of hydrogen-bond acceptors (Lipinski definition) is 4. The van der Waals surface area contributed by atoms with E-state index in [2.05, 4.69) is 6.07 Å². The quantitative estimate of drug-likeness (QED) is 0.920. The molecule has 0 aliphatic carbocycles. The van der Waals surface area contributed by atoms with E-state index in [1.165, 1.54) is 17.3 Å². The van der Waals surface area contributed by atoms with Gasteiger partial charge in [-0.1, -0.05) is 41.6 Å². The topological polar surface area (TPSA) is 55.6 Å². The minimum atomic E-state index is -0.401. The van der Waals surface area contributed by atoms with Gasteiger partial charge >= 0.3 is 0 Å². The maximum Gasteiger partial charge on any atom is 0.257 e. The van der Waals surface area contributed by atoms with Crippen LogP contribution in [0.2, 0.25) is 0 Å². The maximum absolute atomic E-state index is 11.5. The molecule has 1 aliphatic rings. The van der Waals surface area contributed by atoms with Crippen LogP contribution in [0.15, 0.2) is 34.9 Å². The van der Waals surface area contributed by atoms with Crippen LogP contribution in [-0.2, 0) is 9.63 Å². The Morgan fingerprint density at radius 3 is 2.79 bits per heavy atom. The number of aryl methyl sites for hydroxylation is 1. The van der Waals surface area contributed by atoms with E-state index < -0.39 is 5.91 Å². The molecule has 102 valence electrons. The Kier molecular flexibility index (Phi) is 4.17. The molecule has 0 fully saturated rings. The fraction of sp³-hybridized carbons (Fsp3) is 0.357. The highest BCUT2D eigenvalue weighted by Crippen LogP contribution is 2.47. The number of carbonyl (C=O) groups is 1. The molecule has 0 bridgehead atoms. The monoisotopic (exact) mass is 278 g/mol. The van der Waals surface area contributed by atoms with Gasteiger partial charge in [0.05, 0.1) is 17.2 Å². The number of thioether (sulfide) groups is 1. The second-order valence-corrected chi connectivity index (χ2v) is 5.50. The van der Waals surface area contributed by atoms with E-state index in [0.717, 1.165) is 11.3 Å². The van der Waals surface area contributed by atoms with Gasteiger partial charge in [0.25, 0.3) is 5.91 Å². The Labute approximate surface area is 117 Å². The lowest BCUT2D eigenvalue weighted by atomic mass is 10.1.